The molecule has 34 nitrogen and oxygen atoms in total. The number of piperazine rings is 1. The Morgan fingerprint density at radius 1 is 0.476 bits per heavy atom. The van der Waals surface area contributed by atoms with Crippen molar-refractivity contribution >= 4 is 45.6 Å². The highest BCUT2D eigenvalue weighted by Crippen LogP contribution is 2.40. The molecule has 13 fully saturated rings. The third kappa shape index (κ3) is 90.9. The minimum Gasteiger partial charge on any atom is -0.481 e. The monoisotopic (exact) mass is 1850 g/mol. The summed E-state index contributed by atoms with van der Waals surface area (Å²) in [6, 6.07) is -0.0324. The van der Waals surface area contributed by atoms with Gasteiger partial charge in [0, 0.05) is 122 Å². The average molecular weight is 1850 g/mol. The Kier molecular flexibility index (Phi) is 100.0. The van der Waals surface area contributed by atoms with Crippen molar-refractivity contribution in [1.29, 1.82) is 0 Å². The molecule has 0 amide bonds. The number of ketones is 1. The molecule has 0 bridgehead atoms. The van der Waals surface area contributed by atoms with Gasteiger partial charge in [0.15, 0.2) is 0 Å². The van der Waals surface area contributed by atoms with E-state index in [-0.39, 0.29) is 61.6 Å². The molecule has 0 aromatic rings. The fourth-order valence-corrected chi connectivity index (χ4v) is 14.2. The van der Waals surface area contributed by atoms with Crippen molar-refractivity contribution in [1.82, 2.24) is 101 Å². The Balaban J connectivity index is -0.00000126. The number of β-amino-alcohol motifs (C(OH)–C–C–N with tert-alkyl or cyclic N) is 2. The summed E-state index contributed by atoms with van der Waals surface area (Å²) >= 11 is 3.55. The Bertz CT molecular complexity index is 2120. The van der Waals surface area contributed by atoms with Gasteiger partial charge in [0.1, 0.15) is 11.8 Å². The quantitative estimate of drug-likeness (QED) is 0.0393. The molecule has 13 aliphatic rings. The van der Waals surface area contributed by atoms with E-state index in [1.807, 2.05) is 20.9 Å². The smallest absolute Gasteiger partial charge is 0.322 e. The summed E-state index contributed by atoms with van der Waals surface area (Å²) in [7, 11) is 6.28. The lowest BCUT2D eigenvalue weighted by Gasteiger charge is -2.21. The summed E-state index contributed by atoms with van der Waals surface area (Å²) in [4.78, 5) is 55.4. The van der Waals surface area contributed by atoms with Crippen LogP contribution in [0, 0.1) is 23.2 Å². The fourth-order valence-electron chi connectivity index (χ4n) is 13.7. The molecule has 0 aromatic heterocycles. The van der Waals surface area contributed by atoms with Crippen LogP contribution < -0.4 is 95.7 Å². The Morgan fingerprint density at radius 3 is 1.26 bits per heavy atom. The largest absolute Gasteiger partial charge is 0.481 e. The van der Waals surface area contributed by atoms with Gasteiger partial charge in [0.05, 0.1) is 58.7 Å². The number of Topliss-reactive ketones (excluding diaryl/α,β-unsaturated/α-hetero) is 1. The number of hydrogen-bond donors (Lipinski definition) is 25. The summed E-state index contributed by atoms with van der Waals surface area (Å²) in [6.07, 6.45) is 29.7. The van der Waals surface area contributed by atoms with Crippen LogP contribution in [0.25, 0.3) is 0 Å². The lowest BCUT2D eigenvalue weighted by Crippen LogP contribution is -2.39. The summed E-state index contributed by atoms with van der Waals surface area (Å²) in [5, 5.41) is 116. The maximum atomic E-state index is 11.1. The van der Waals surface area contributed by atoms with Crippen LogP contribution >= 0.6 is 15.9 Å². The minimum atomic E-state index is -0.722. The number of methoxy groups -OCH3 is 2. The number of halogens is 1. The zero-order valence-electron chi connectivity index (χ0n) is 79.3. The molecule has 0 aromatic carbocycles. The minimum absolute atomic E-state index is 0.0194. The first-order valence-corrected chi connectivity index (χ1v) is 49.1. The highest BCUT2D eigenvalue weighted by Gasteiger charge is 2.26. The van der Waals surface area contributed by atoms with E-state index in [1.54, 1.807) is 7.05 Å². The first-order valence-electron chi connectivity index (χ1n) is 48.2. The van der Waals surface area contributed by atoms with Crippen LogP contribution in [0.4, 0.5) is 0 Å². The molecule has 740 valence electrons. The number of hydrogen-bond acceptors (Lipinski definition) is 33. The molecule has 0 radical (unpaired) electrons. The lowest BCUT2D eigenvalue weighted by molar-refractivity contribution is -0.149. The fraction of sp³-hybridized carbons (Fsp3) is 0.944. The predicted octanol–water partition coefficient (Wildman–Crippen LogP) is 0.947. The van der Waals surface area contributed by atoms with E-state index < -0.39 is 5.97 Å². The Hall–Kier alpha value is -2.97. The van der Waals surface area contributed by atoms with Crippen molar-refractivity contribution in [3.05, 3.63) is 0 Å². The van der Waals surface area contributed by atoms with Gasteiger partial charge in [-0.15, -0.1) is 0 Å². The maximum absolute atomic E-state index is 11.1. The van der Waals surface area contributed by atoms with Crippen LogP contribution in [-0.2, 0) is 38.2 Å². The standard InChI is InChI=1S/C8H15NO2.C8H16.C7H16N2O.C7H15NO.C6H14N2.C6H11NO2.C6H13NO.C5H10BrN.C5H12N2.C5H11NO2.C5H11NO.C5H9NO.C4H10N2.C4H9NO2.C4H9NO.C4H11NO/c1-2-11-8(10)7-3-5-9-6-4-7;1-3-8(2)6-4-5-7-8;10-7-6-9-4-1-2-8-3-5-9;9-6-3-7-1-4-8-5-2-7;1-3-7-5-2-6-8-4-1;1-9-6(8)5-3-2-4-7-5;8-5-6-1-3-7-4-2-6;6-5-1-3-7-4-2-5;1-2-6-4-5-7-3-1;1-6-4-2-3-5(7)8;2*7-5-1-3-6-4-2-5;1-2-6-4-3-5-1;1-5-3-4(6)7-2;6-4-1-2-5-3-4;1-2-5-3-4-6/h7,9H,2-6H2,1H3;3-7H2,1-2H3;8,10H,1-7H2;7-9H,1-6H2;7-8H,1-6H2;5,7H,2-4H2,1H3;6-8H,1-5H2;5,7H,1-4H2;6-7H,1-5H2;6H,2-4H2,1H3,(H,7,8);5-7H,1-4H2;6H,1-4H2;5-6H,1-4H2;5H,3H2,1-2H3;4-6H,1-3H2;5-6H,2-4H2,1H3/t;;;;;5-;;;;;;;;;4-;/m.....0........1./s1. The number of nitrogens with zero attached hydrogens (tertiary/aromatic N) is 1. The average Bonchev–Trinajstić information content (AvgIpc) is 1.77. The number of carbonyl (C=O) groups is 5. The van der Waals surface area contributed by atoms with Crippen LogP contribution in [0.1, 0.15) is 201 Å². The Morgan fingerprint density at radius 2 is 0.935 bits per heavy atom. The van der Waals surface area contributed by atoms with Crippen molar-refractivity contribution < 1.29 is 73.9 Å². The van der Waals surface area contributed by atoms with Gasteiger partial charge in [0.2, 0.25) is 0 Å². The summed E-state index contributed by atoms with van der Waals surface area (Å²) in [5.74, 6) is 0.812. The molecule has 1 aliphatic carbocycles. The number of nitrogens with one attached hydrogen (secondary N) is 18. The first kappa shape index (κ1) is 125. The van der Waals surface area contributed by atoms with Gasteiger partial charge < -0.3 is 146 Å². The summed E-state index contributed by atoms with van der Waals surface area (Å²) < 4.78 is 13.7. The van der Waals surface area contributed by atoms with Crippen molar-refractivity contribution in [3.8, 4) is 0 Å². The van der Waals surface area contributed by atoms with Gasteiger partial charge in [-0.25, -0.2) is 0 Å². The van der Waals surface area contributed by atoms with Crippen molar-refractivity contribution in [2.45, 2.75) is 224 Å². The SMILES string of the molecule is BrC1CCNCC1.C1CNCCCNC1.C1CNCCN1.C1CNCCNC1.CCC1(C)CCCC1.CCNCCO.CCOC(=O)C1CCNCC1.CNCC(=O)OC.CNCCCC(=O)O.COC(=O)[C@@H]1CCCN1.O=C1CCNCC1.OC1CCNCC1.OCC1CCNCC1.OCCC1CCNCC1.OCCN1CCCNCC1.O[C@@H]1CCNC1. The number of piperidine rings is 6. The number of aliphatic carboxylic acids is 1. The van der Waals surface area contributed by atoms with Gasteiger partial charge in [0.25, 0.3) is 0 Å². The molecule has 25 N–H and O–H groups in total. The normalized spacial score (nSPS) is 21.7. The van der Waals surface area contributed by atoms with Crippen LogP contribution in [0.5, 0.6) is 0 Å². The predicted molar refractivity (Wildman–Crippen MR) is 510 cm³/mol. The number of carboxylic acids is 1. The van der Waals surface area contributed by atoms with Crippen LogP contribution in [0.2, 0.25) is 0 Å². The van der Waals surface area contributed by atoms with Crippen LogP contribution in [0.15, 0.2) is 0 Å². The lowest BCUT2D eigenvalue weighted by atomic mass is 9.86. The zero-order chi connectivity index (χ0) is 91.9. The number of alkyl halides is 1. The summed E-state index contributed by atoms with van der Waals surface area (Å²) in [6.45, 7) is 47.5. The maximum Gasteiger partial charge on any atom is 0.322 e. The van der Waals surface area contributed by atoms with Gasteiger partial charge in [-0.1, -0.05) is 56.0 Å². The number of aliphatic hydroxyl groups excluding tert-OH is 6. The van der Waals surface area contributed by atoms with Crippen molar-refractivity contribution in [3.63, 3.8) is 0 Å². The van der Waals surface area contributed by atoms with Crippen molar-refractivity contribution in [2.75, 3.05) is 297 Å². The van der Waals surface area contributed by atoms with E-state index in [1.165, 1.54) is 150 Å². The van der Waals surface area contributed by atoms with Gasteiger partial charge in [-0.05, 0) is 317 Å². The molecule has 0 unspecified atom stereocenters. The van der Waals surface area contributed by atoms with E-state index in [4.69, 9.17) is 40.5 Å². The number of carbonyl (C=O) groups excluding carboxylic acids is 4. The van der Waals surface area contributed by atoms with E-state index in [2.05, 4.69) is 140 Å². The van der Waals surface area contributed by atoms with Crippen molar-refractivity contribution in [2.24, 2.45) is 23.2 Å². The molecule has 12 saturated heterocycles. The van der Waals surface area contributed by atoms with E-state index >= 15 is 0 Å². The van der Waals surface area contributed by atoms with Crippen LogP contribution in [0.3, 0.4) is 0 Å². The third-order valence-electron chi connectivity index (χ3n) is 22.0. The Labute approximate surface area is 760 Å². The molecular weight excluding hydrogens is 1660 g/mol. The highest BCUT2D eigenvalue weighted by atomic mass is 79.9. The zero-order valence-corrected chi connectivity index (χ0v) is 80.9. The molecule has 1 saturated carbocycles. The molecule has 12 heterocycles. The third-order valence-corrected chi connectivity index (χ3v) is 22.9. The summed E-state index contributed by atoms with van der Waals surface area (Å²) in [5.41, 5.74) is 0.736. The molecular formula is C89H192BrN19O15. The van der Waals surface area contributed by atoms with Gasteiger partial charge in [-0.3, -0.25) is 28.9 Å². The number of aliphatic hydroxyl groups is 6. The number of ether oxygens (including phenoxy) is 3. The number of rotatable bonds is 18. The van der Waals surface area contributed by atoms with Gasteiger partial charge in [-0.2, -0.15) is 0 Å². The van der Waals surface area contributed by atoms with Gasteiger partial charge >= 0.3 is 23.9 Å². The van der Waals surface area contributed by atoms with Crippen LogP contribution in [-0.4, -0.2) is 390 Å². The second kappa shape index (κ2) is 99.1. The van der Waals surface area contributed by atoms with E-state index in [0.29, 0.717) is 44.5 Å². The number of likely N-dealkylation sites (N-methyl/N-ethyl adjacent to an activating group) is 2. The number of carboxylic acid groups (broad SMARTS) is 1. The topological polar surface area (TPSA) is 474 Å². The second-order valence-corrected chi connectivity index (χ2v) is 34.1. The molecule has 0 spiro atoms. The molecule has 12 aliphatic heterocycles. The van der Waals surface area contributed by atoms with E-state index in [0.717, 1.165) is 270 Å². The molecule has 2 atom stereocenters. The highest BCUT2D eigenvalue weighted by molar-refractivity contribution is 9.09. The second-order valence-electron chi connectivity index (χ2n) is 32.8. The molecule has 124 heavy (non-hydrogen) atoms. The molecule has 35 heteroatoms. The molecule has 13 rings (SSSR count). The number of esters is 3. The van der Waals surface area contributed by atoms with E-state index in [9.17, 15) is 24.0 Å². The first-order chi connectivity index (χ1) is 60.3.